The molecule has 3 nitrogen and oxygen atoms in total. The van der Waals surface area contributed by atoms with Crippen LogP contribution in [0.4, 0.5) is 0 Å². The molecule has 2 atom stereocenters. The summed E-state index contributed by atoms with van der Waals surface area (Å²) in [6.45, 7) is 2.10. The fourth-order valence-electron chi connectivity index (χ4n) is 2.00. The van der Waals surface area contributed by atoms with Gasteiger partial charge in [-0.2, -0.15) is 0 Å². The molecule has 0 saturated carbocycles. The Labute approximate surface area is 138 Å². The minimum Gasteiger partial charge on any atom is -0.497 e. The molecule has 0 aliphatic carbocycles. The van der Waals surface area contributed by atoms with Crippen molar-refractivity contribution < 1.29 is 4.74 Å². The van der Waals surface area contributed by atoms with E-state index in [4.69, 9.17) is 10.5 Å². The van der Waals surface area contributed by atoms with Gasteiger partial charge in [-0.25, -0.2) is 4.98 Å². The monoisotopic (exact) mass is 366 g/mol. The van der Waals surface area contributed by atoms with Gasteiger partial charge in [0.1, 0.15) is 5.75 Å². The lowest BCUT2D eigenvalue weighted by molar-refractivity contribution is 0.414. The summed E-state index contributed by atoms with van der Waals surface area (Å²) in [6.07, 6.45) is 2.72. The molecule has 0 spiro atoms. The summed E-state index contributed by atoms with van der Waals surface area (Å²) < 4.78 is 6.29. The maximum Gasteiger partial charge on any atom is 0.119 e. The second-order valence-corrected chi connectivity index (χ2v) is 6.78. The lowest BCUT2D eigenvalue weighted by Gasteiger charge is -2.23. The zero-order chi connectivity index (χ0) is 15.2. The van der Waals surface area contributed by atoms with Crippen LogP contribution in [0, 0.1) is 0 Å². The number of benzene rings is 1. The van der Waals surface area contributed by atoms with Crippen LogP contribution in [0.25, 0.3) is 0 Å². The first kappa shape index (κ1) is 16.3. The molecule has 2 N–H and O–H groups in total. The van der Waals surface area contributed by atoms with Gasteiger partial charge in [0, 0.05) is 16.7 Å². The Morgan fingerprint density at radius 2 is 2.14 bits per heavy atom. The lowest BCUT2D eigenvalue weighted by Crippen LogP contribution is -2.25. The Balaban J connectivity index is 2.27. The van der Waals surface area contributed by atoms with Crippen molar-refractivity contribution in [1.29, 1.82) is 0 Å². The van der Waals surface area contributed by atoms with Crippen LogP contribution in [0.5, 0.6) is 5.75 Å². The minimum atomic E-state index is 0.0625. The lowest BCUT2D eigenvalue weighted by atomic mass is 10.0. The number of ether oxygens (including phenoxy) is 1. The van der Waals surface area contributed by atoms with Gasteiger partial charge in [-0.1, -0.05) is 30.8 Å². The highest BCUT2D eigenvalue weighted by molar-refractivity contribution is 9.10. The van der Waals surface area contributed by atoms with E-state index in [9.17, 15) is 0 Å². The normalized spacial score (nSPS) is 13.7. The molecule has 2 aromatic rings. The molecule has 21 heavy (non-hydrogen) atoms. The zero-order valence-electron chi connectivity index (χ0n) is 12.1. The van der Waals surface area contributed by atoms with Gasteiger partial charge in [0.25, 0.3) is 0 Å². The van der Waals surface area contributed by atoms with Gasteiger partial charge in [-0.3, -0.25) is 0 Å². The summed E-state index contributed by atoms with van der Waals surface area (Å²) >= 11 is 5.09. The molecule has 0 radical (unpaired) electrons. The first-order valence-electron chi connectivity index (χ1n) is 6.81. The van der Waals surface area contributed by atoms with Crippen LogP contribution >= 0.6 is 27.7 Å². The van der Waals surface area contributed by atoms with Crippen LogP contribution in [0.2, 0.25) is 0 Å². The zero-order valence-corrected chi connectivity index (χ0v) is 14.5. The molecule has 0 saturated heterocycles. The van der Waals surface area contributed by atoms with Crippen molar-refractivity contribution in [3.8, 4) is 5.75 Å². The molecule has 1 aromatic carbocycles. The SMILES string of the molecule is CCC(N)C(Sc1ccc(Br)cn1)c1cccc(OC)c1. The first-order valence-corrected chi connectivity index (χ1v) is 8.49. The highest BCUT2D eigenvalue weighted by Crippen LogP contribution is 2.38. The molecule has 0 aliphatic rings. The van der Waals surface area contributed by atoms with Crippen LogP contribution in [0.3, 0.4) is 0 Å². The molecule has 0 fully saturated rings. The van der Waals surface area contributed by atoms with Crippen molar-refractivity contribution in [3.63, 3.8) is 0 Å². The van der Waals surface area contributed by atoms with Crippen LogP contribution < -0.4 is 10.5 Å². The number of hydrogen-bond acceptors (Lipinski definition) is 4. The molecule has 1 heterocycles. The molecular weight excluding hydrogens is 348 g/mol. The molecule has 5 heteroatoms. The summed E-state index contributed by atoms with van der Waals surface area (Å²) in [4.78, 5) is 4.43. The van der Waals surface area contributed by atoms with E-state index >= 15 is 0 Å². The topological polar surface area (TPSA) is 48.1 Å². The Hall–Kier alpha value is -1.04. The molecule has 112 valence electrons. The van der Waals surface area contributed by atoms with Gasteiger partial charge in [0.15, 0.2) is 0 Å². The minimum absolute atomic E-state index is 0.0625. The number of thioether (sulfide) groups is 1. The fourth-order valence-corrected chi connectivity index (χ4v) is 3.40. The number of nitrogens with two attached hydrogens (primary N) is 1. The van der Waals surface area contributed by atoms with Gasteiger partial charge in [0.2, 0.25) is 0 Å². The molecule has 0 bridgehead atoms. The van der Waals surface area contributed by atoms with Gasteiger partial charge in [-0.05, 0) is 52.2 Å². The van der Waals surface area contributed by atoms with E-state index in [-0.39, 0.29) is 11.3 Å². The summed E-state index contributed by atoms with van der Waals surface area (Å²) in [7, 11) is 1.68. The third-order valence-electron chi connectivity index (χ3n) is 3.23. The molecule has 1 aromatic heterocycles. The van der Waals surface area contributed by atoms with Crippen molar-refractivity contribution in [2.75, 3.05) is 7.11 Å². The second kappa shape index (κ2) is 7.82. The number of halogens is 1. The van der Waals surface area contributed by atoms with E-state index < -0.39 is 0 Å². The highest BCUT2D eigenvalue weighted by atomic mass is 79.9. The van der Waals surface area contributed by atoms with Crippen molar-refractivity contribution >= 4 is 27.7 Å². The third kappa shape index (κ3) is 4.46. The molecule has 0 aliphatic heterocycles. The summed E-state index contributed by atoms with van der Waals surface area (Å²) in [5.41, 5.74) is 7.49. The van der Waals surface area contributed by atoms with Gasteiger partial charge in [-0.15, -0.1) is 0 Å². The Kier molecular flexibility index (Phi) is 6.08. The standard InChI is InChI=1S/C16H19BrN2OS/c1-3-14(18)16(11-5-4-6-13(9-11)20-2)21-15-8-7-12(17)10-19-15/h4-10,14,16H,3,18H2,1-2H3. The summed E-state index contributed by atoms with van der Waals surface area (Å²) in [6, 6.07) is 12.1. The average Bonchev–Trinajstić information content (AvgIpc) is 2.53. The van der Waals surface area contributed by atoms with E-state index in [2.05, 4.69) is 33.9 Å². The van der Waals surface area contributed by atoms with Crippen LogP contribution in [-0.4, -0.2) is 18.1 Å². The predicted molar refractivity (Wildman–Crippen MR) is 91.8 cm³/mol. The largest absolute Gasteiger partial charge is 0.497 e. The molecular formula is C16H19BrN2OS. The number of methoxy groups -OCH3 is 1. The van der Waals surface area contributed by atoms with Gasteiger partial charge >= 0.3 is 0 Å². The van der Waals surface area contributed by atoms with Crippen LogP contribution in [0.1, 0.15) is 24.2 Å². The second-order valence-electron chi connectivity index (χ2n) is 4.70. The van der Waals surface area contributed by atoms with Gasteiger partial charge in [0.05, 0.1) is 17.4 Å². The molecule has 0 amide bonds. The highest BCUT2D eigenvalue weighted by Gasteiger charge is 2.21. The predicted octanol–water partition coefficient (Wildman–Crippen LogP) is 4.42. The average molecular weight is 367 g/mol. The van der Waals surface area contributed by atoms with E-state index in [1.807, 2.05) is 36.5 Å². The van der Waals surface area contributed by atoms with Crippen molar-refractivity contribution in [3.05, 3.63) is 52.6 Å². The van der Waals surface area contributed by atoms with Gasteiger partial charge < -0.3 is 10.5 Å². The maximum atomic E-state index is 6.32. The van der Waals surface area contributed by atoms with E-state index in [1.165, 1.54) is 5.56 Å². The Morgan fingerprint density at radius 3 is 2.76 bits per heavy atom. The summed E-state index contributed by atoms with van der Waals surface area (Å²) in [5, 5.41) is 1.12. The smallest absolute Gasteiger partial charge is 0.119 e. The molecule has 2 rings (SSSR count). The van der Waals surface area contributed by atoms with Crippen molar-refractivity contribution in [2.45, 2.75) is 29.7 Å². The number of hydrogen-bond donors (Lipinski definition) is 1. The van der Waals surface area contributed by atoms with Crippen LogP contribution in [0.15, 0.2) is 52.1 Å². The number of rotatable bonds is 6. The Morgan fingerprint density at radius 1 is 1.33 bits per heavy atom. The Bertz CT molecular complexity index is 577. The summed E-state index contributed by atoms with van der Waals surface area (Å²) in [5.74, 6) is 0.852. The van der Waals surface area contributed by atoms with Crippen molar-refractivity contribution in [2.24, 2.45) is 5.73 Å². The number of nitrogens with zero attached hydrogens (tertiary/aromatic N) is 1. The van der Waals surface area contributed by atoms with E-state index in [0.29, 0.717) is 0 Å². The van der Waals surface area contributed by atoms with E-state index in [0.717, 1.165) is 21.7 Å². The maximum absolute atomic E-state index is 6.32. The van der Waals surface area contributed by atoms with Crippen LogP contribution in [-0.2, 0) is 0 Å². The molecule has 2 unspecified atom stereocenters. The fraction of sp³-hybridized carbons (Fsp3) is 0.312. The number of aromatic nitrogens is 1. The third-order valence-corrected chi connectivity index (χ3v) is 5.06. The van der Waals surface area contributed by atoms with E-state index in [1.54, 1.807) is 18.9 Å². The first-order chi connectivity index (χ1) is 10.1. The quantitative estimate of drug-likeness (QED) is 0.768. The van der Waals surface area contributed by atoms with Crippen molar-refractivity contribution in [1.82, 2.24) is 4.98 Å². The number of pyridine rings is 1.